The minimum Gasteiger partial charge on any atom is -0.267 e. The van der Waals surface area contributed by atoms with Crippen LogP contribution in [0.2, 0.25) is 0 Å². The highest BCUT2D eigenvalue weighted by molar-refractivity contribution is 9.12. The van der Waals surface area contributed by atoms with Gasteiger partial charge in [-0.15, -0.1) is 0 Å². The van der Waals surface area contributed by atoms with E-state index in [-0.39, 0.29) is 11.0 Å². The summed E-state index contributed by atoms with van der Waals surface area (Å²) in [7, 11) is -4.00. The summed E-state index contributed by atoms with van der Waals surface area (Å²) in [4.78, 5) is 12.3. The van der Waals surface area contributed by atoms with Gasteiger partial charge in [-0.25, -0.2) is 4.72 Å². The van der Waals surface area contributed by atoms with Crippen LogP contribution in [0.5, 0.6) is 0 Å². The molecule has 1 amide bonds. The Kier molecular flexibility index (Phi) is 5.50. The second kappa shape index (κ2) is 7.93. The van der Waals surface area contributed by atoms with Gasteiger partial charge < -0.3 is 0 Å². The van der Waals surface area contributed by atoms with E-state index in [1.807, 2.05) is 66.7 Å². The summed E-state index contributed by atoms with van der Waals surface area (Å²) >= 11 is 6.70. The SMILES string of the molecule is O=C1NS(=O)(=O)N(Cc2ccc(Br)cc2)C(Cc2cccc3ccccc23)=C1Br. The highest BCUT2D eigenvalue weighted by Gasteiger charge is 2.35. The first-order chi connectivity index (χ1) is 13.8. The first kappa shape index (κ1) is 20.1. The van der Waals surface area contributed by atoms with Gasteiger partial charge in [0, 0.05) is 10.9 Å². The van der Waals surface area contributed by atoms with E-state index in [4.69, 9.17) is 0 Å². The van der Waals surface area contributed by atoms with Crippen LogP contribution in [0.25, 0.3) is 10.8 Å². The third-order valence-corrected chi connectivity index (χ3v) is 7.46. The van der Waals surface area contributed by atoms with Crippen LogP contribution in [0, 0.1) is 0 Å². The molecule has 0 bridgehead atoms. The van der Waals surface area contributed by atoms with Crippen molar-refractivity contribution in [1.29, 1.82) is 0 Å². The van der Waals surface area contributed by atoms with Gasteiger partial charge in [0.25, 0.3) is 5.91 Å². The molecule has 0 aromatic heterocycles. The molecule has 148 valence electrons. The van der Waals surface area contributed by atoms with Crippen molar-refractivity contribution in [2.75, 3.05) is 0 Å². The minimum absolute atomic E-state index is 0.116. The van der Waals surface area contributed by atoms with Crippen LogP contribution in [0.4, 0.5) is 0 Å². The van der Waals surface area contributed by atoms with Gasteiger partial charge in [0.2, 0.25) is 0 Å². The van der Waals surface area contributed by atoms with E-state index in [0.717, 1.165) is 26.4 Å². The van der Waals surface area contributed by atoms with Crippen molar-refractivity contribution < 1.29 is 13.2 Å². The first-order valence-electron chi connectivity index (χ1n) is 8.80. The third-order valence-electron chi connectivity index (χ3n) is 4.74. The Morgan fingerprint density at radius 2 is 1.59 bits per heavy atom. The average molecular weight is 536 g/mol. The Morgan fingerprint density at radius 3 is 2.34 bits per heavy atom. The number of rotatable bonds is 4. The lowest BCUT2D eigenvalue weighted by atomic mass is 10.0. The summed E-state index contributed by atoms with van der Waals surface area (Å²) in [6.45, 7) is 0.116. The number of benzene rings is 3. The summed E-state index contributed by atoms with van der Waals surface area (Å²) in [6, 6.07) is 21.2. The van der Waals surface area contributed by atoms with E-state index in [1.54, 1.807) is 0 Å². The molecule has 0 unspecified atom stereocenters. The summed E-state index contributed by atoms with van der Waals surface area (Å²) < 4.78 is 30.1. The highest BCUT2D eigenvalue weighted by atomic mass is 79.9. The lowest BCUT2D eigenvalue weighted by Gasteiger charge is -2.31. The Hall–Kier alpha value is -2.16. The molecule has 1 aliphatic rings. The van der Waals surface area contributed by atoms with Gasteiger partial charge >= 0.3 is 10.2 Å². The molecule has 0 saturated heterocycles. The molecule has 1 N–H and O–H groups in total. The van der Waals surface area contributed by atoms with Gasteiger partial charge in [-0.1, -0.05) is 70.5 Å². The van der Waals surface area contributed by atoms with Crippen LogP contribution in [0.1, 0.15) is 11.1 Å². The number of allylic oxidation sites excluding steroid dienone is 1. The molecule has 0 radical (unpaired) electrons. The molecule has 3 aromatic carbocycles. The van der Waals surface area contributed by atoms with Crippen LogP contribution < -0.4 is 4.72 Å². The quantitative estimate of drug-likeness (QED) is 0.529. The molecular weight excluding hydrogens is 520 g/mol. The number of nitrogens with zero attached hydrogens (tertiary/aromatic N) is 1. The van der Waals surface area contributed by atoms with Crippen molar-refractivity contribution >= 4 is 58.7 Å². The van der Waals surface area contributed by atoms with Crippen LogP contribution in [-0.4, -0.2) is 18.6 Å². The molecule has 0 saturated carbocycles. The number of carbonyl (C=O) groups excluding carboxylic acids is 1. The molecule has 0 fully saturated rings. The number of carbonyl (C=O) groups is 1. The fourth-order valence-corrected chi connectivity index (χ4v) is 5.51. The summed E-state index contributed by atoms with van der Waals surface area (Å²) in [6.07, 6.45) is 0.297. The Labute approximate surface area is 185 Å². The number of hydrogen-bond donors (Lipinski definition) is 1. The number of hydrogen-bond acceptors (Lipinski definition) is 3. The van der Waals surface area contributed by atoms with E-state index in [0.29, 0.717) is 12.1 Å². The molecule has 1 aliphatic heterocycles. The molecule has 4 rings (SSSR count). The third kappa shape index (κ3) is 4.10. The van der Waals surface area contributed by atoms with Gasteiger partial charge in [0.15, 0.2) is 0 Å². The van der Waals surface area contributed by atoms with E-state index in [2.05, 4.69) is 36.6 Å². The fourth-order valence-electron chi connectivity index (χ4n) is 3.33. The van der Waals surface area contributed by atoms with Gasteiger partial charge in [-0.05, 0) is 50.0 Å². The van der Waals surface area contributed by atoms with Crippen molar-refractivity contribution in [2.24, 2.45) is 0 Å². The molecule has 3 aromatic rings. The monoisotopic (exact) mass is 534 g/mol. The molecule has 29 heavy (non-hydrogen) atoms. The lowest BCUT2D eigenvalue weighted by Crippen LogP contribution is -2.48. The van der Waals surface area contributed by atoms with E-state index in [9.17, 15) is 13.2 Å². The minimum atomic E-state index is -4.00. The zero-order valence-corrected chi connectivity index (χ0v) is 19.1. The zero-order valence-electron chi connectivity index (χ0n) is 15.1. The van der Waals surface area contributed by atoms with E-state index >= 15 is 0 Å². The summed E-state index contributed by atoms with van der Waals surface area (Å²) in [5.74, 6) is -0.660. The Morgan fingerprint density at radius 1 is 0.897 bits per heavy atom. The number of fused-ring (bicyclic) bond motifs is 1. The number of amides is 1. The van der Waals surface area contributed by atoms with Crippen molar-refractivity contribution in [1.82, 2.24) is 9.03 Å². The molecular formula is C21H16Br2N2O3S. The fraction of sp³-hybridized carbons (Fsp3) is 0.0952. The molecule has 1 heterocycles. The smallest absolute Gasteiger partial charge is 0.267 e. The molecule has 5 nitrogen and oxygen atoms in total. The van der Waals surface area contributed by atoms with E-state index in [1.165, 1.54) is 4.31 Å². The maximum absolute atomic E-state index is 12.8. The van der Waals surface area contributed by atoms with Crippen LogP contribution in [0.15, 0.2) is 81.4 Å². The van der Waals surface area contributed by atoms with Gasteiger partial charge in [0.05, 0.1) is 12.2 Å². The van der Waals surface area contributed by atoms with Crippen LogP contribution in [0.3, 0.4) is 0 Å². The molecule has 8 heteroatoms. The van der Waals surface area contributed by atoms with Crippen molar-refractivity contribution in [3.8, 4) is 0 Å². The Bertz CT molecular complexity index is 1230. The van der Waals surface area contributed by atoms with Crippen LogP contribution in [-0.2, 0) is 28.0 Å². The molecule has 0 atom stereocenters. The predicted octanol–water partition coefficient (Wildman–Crippen LogP) is 4.63. The maximum atomic E-state index is 12.8. The first-order valence-corrected chi connectivity index (χ1v) is 11.8. The van der Waals surface area contributed by atoms with Crippen molar-refractivity contribution in [3.05, 3.63) is 92.5 Å². The maximum Gasteiger partial charge on any atom is 0.326 e. The van der Waals surface area contributed by atoms with Gasteiger partial charge in [0.1, 0.15) is 4.48 Å². The van der Waals surface area contributed by atoms with E-state index < -0.39 is 16.1 Å². The van der Waals surface area contributed by atoms with Gasteiger partial charge in [-0.2, -0.15) is 8.42 Å². The second-order valence-electron chi connectivity index (χ2n) is 6.65. The molecule has 0 aliphatic carbocycles. The normalized spacial score (nSPS) is 16.2. The Balaban J connectivity index is 1.79. The van der Waals surface area contributed by atoms with Crippen molar-refractivity contribution in [3.63, 3.8) is 0 Å². The highest BCUT2D eigenvalue weighted by Crippen LogP contribution is 2.31. The average Bonchev–Trinajstić information content (AvgIpc) is 2.70. The second-order valence-corrected chi connectivity index (χ2v) is 9.95. The summed E-state index contributed by atoms with van der Waals surface area (Å²) in [5, 5.41) is 2.08. The van der Waals surface area contributed by atoms with Crippen molar-refractivity contribution in [2.45, 2.75) is 13.0 Å². The zero-order chi connectivity index (χ0) is 20.6. The number of halogens is 2. The van der Waals surface area contributed by atoms with Gasteiger partial charge in [-0.3, -0.25) is 9.10 Å². The topological polar surface area (TPSA) is 66.5 Å². The predicted molar refractivity (Wildman–Crippen MR) is 120 cm³/mol. The lowest BCUT2D eigenvalue weighted by molar-refractivity contribution is -0.115. The standard InChI is InChI=1S/C21H16Br2N2O3S/c22-17-10-8-14(9-11-17)13-25-19(20(23)21(26)24-29(25,27)28)12-16-6-3-5-15-4-1-2-7-18(15)16/h1-11H,12-13H2,(H,24,26). The largest absolute Gasteiger partial charge is 0.326 e. The number of nitrogens with one attached hydrogen (secondary N) is 1. The molecule has 0 spiro atoms. The summed E-state index contributed by atoms with van der Waals surface area (Å²) in [5.41, 5.74) is 2.16. The van der Waals surface area contributed by atoms with Crippen LogP contribution >= 0.6 is 31.9 Å².